The second-order valence-corrected chi connectivity index (χ2v) is 8.06. The number of hydrogen-bond acceptors (Lipinski definition) is 1. The highest BCUT2D eigenvalue weighted by Crippen LogP contribution is 2.42. The van der Waals surface area contributed by atoms with Crippen molar-refractivity contribution in [3.8, 4) is 0 Å². The Labute approximate surface area is 128 Å². The van der Waals surface area contributed by atoms with Gasteiger partial charge in [0.05, 0.1) is 0 Å². The summed E-state index contributed by atoms with van der Waals surface area (Å²) >= 11 is 0. The van der Waals surface area contributed by atoms with Crippen LogP contribution in [0.5, 0.6) is 0 Å². The summed E-state index contributed by atoms with van der Waals surface area (Å²) in [5.74, 6) is 5.40. The minimum Gasteiger partial charge on any atom is -0.316 e. The van der Waals surface area contributed by atoms with Gasteiger partial charge in [0.25, 0.3) is 0 Å². The van der Waals surface area contributed by atoms with Gasteiger partial charge in [-0.05, 0) is 67.9 Å². The summed E-state index contributed by atoms with van der Waals surface area (Å²) in [7, 11) is 0. The van der Waals surface area contributed by atoms with Crippen molar-refractivity contribution in [1.82, 2.24) is 5.32 Å². The number of rotatable bonds is 8. The quantitative estimate of drug-likeness (QED) is 0.632. The van der Waals surface area contributed by atoms with E-state index in [1.54, 1.807) is 0 Å². The first-order chi connectivity index (χ1) is 9.45. The zero-order valence-corrected chi connectivity index (χ0v) is 14.9. The summed E-state index contributed by atoms with van der Waals surface area (Å²) in [6.45, 7) is 16.7. The van der Waals surface area contributed by atoms with E-state index >= 15 is 0 Å². The molecule has 4 unspecified atom stereocenters. The van der Waals surface area contributed by atoms with Crippen molar-refractivity contribution in [2.75, 3.05) is 13.1 Å². The summed E-state index contributed by atoms with van der Waals surface area (Å²) in [6.07, 6.45) is 7.15. The molecule has 20 heavy (non-hydrogen) atoms. The van der Waals surface area contributed by atoms with Gasteiger partial charge >= 0.3 is 0 Å². The summed E-state index contributed by atoms with van der Waals surface area (Å²) in [6, 6.07) is 0. The van der Waals surface area contributed by atoms with E-state index < -0.39 is 0 Å². The molecule has 0 amide bonds. The van der Waals surface area contributed by atoms with Crippen LogP contribution in [0.15, 0.2) is 0 Å². The van der Waals surface area contributed by atoms with Gasteiger partial charge in [0.1, 0.15) is 0 Å². The monoisotopic (exact) mass is 281 g/mol. The third-order valence-electron chi connectivity index (χ3n) is 5.47. The maximum absolute atomic E-state index is 3.73. The van der Waals surface area contributed by atoms with Gasteiger partial charge in [-0.25, -0.2) is 0 Å². The molecule has 0 aromatic rings. The summed E-state index contributed by atoms with van der Waals surface area (Å²) in [4.78, 5) is 0. The van der Waals surface area contributed by atoms with Gasteiger partial charge in [-0.15, -0.1) is 0 Å². The Morgan fingerprint density at radius 3 is 2.30 bits per heavy atom. The average molecular weight is 282 g/mol. The molecule has 0 saturated heterocycles. The van der Waals surface area contributed by atoms with Crippen LogP contribution in [0.3, 0.4) is 0 Å². The Morgan fingerprint density at radius 1 is 1.05 bits per heavy atom. The molecule has 4 atom stereocenters. The molecule has 1 rings (SSSR count). The Hall–Kier alpha value is -0.0400. The highest BCUT2D eigenvalue weighted by atomic mass is 14.9. The first-order valence-corrected chi connectivity index (χ1v) is 9.16. The van der Waals surface area contributed by atoms with Gasteiger partial charge < -0.3 is 5.32 Å². The second-order valence-electron chi connectivity index (χ2n) is 8.06. The van der Waals surface area contributed by atoms with E-state index in [0.717, 1.165) is 35.5 Å². The molecule has 1 saturated carbocycles. The Morgan fingerprint density at radius 2 is 1.75 bits per heavy atom. The molecule has 1 N–H and O–H groups in total. The van der Waals surface area contributed by atoms with Gasteiger partial charge in [0.2, 0.25) is 0 Å². The molecule has 0 heterocycles. The smallest absolute Gasteiger partial charge is 0.00177 e. The molecule has 1 nitrogen and oxygen atoms in total. The molecule has 0 radical (unpaired) electrons. The summed E-state index contributed by atoms with van der Waals surface area (Å²) in [5.41, 5.74) is 0. The van der Waals surface area contributed by atoms with Crippen LogP contribution in [-0.4, -0.2) is 13.1 Å². The molecule has 1 fully saturated rings. The number of hydrogen-bond donors (Lipinski definition) is 1. The van der Waals surface area contributed by atoms with Crippen molar-refractivity contribution in [3.05, 3.63) is 0 Å². The van der Waals surface area contributed by atoms with Crippen molar-refractivity contribution in [2.45, 2.75) is 73.6 Å². The molecule has 1 aliphatic carbocycles. The third-order valence-corrected chi connectivity index (χ3v) is 5.47. The molecule has 0 aromatic heterocycles. The van der Waals surface area contributed by atoms with Crippen LogP contribution >= 0.6 is 0 Å². The van der Waals surface area contributed by atoms with Gasteiger partial charge in [-0.3, -0.25) is 0 Å². The average Bonchev–Trinajstić information content (AvgIpc) is 2.38. The topological polar surface area (TPSA) is 12.0 Å². The lowest BCUT2D eigenvalue weighted by Crippen LogP contribution is -2.38. The van der Waals surface area contributed by atoms with E-state index in [0.29, 0.717) is 0 Å². The fourth-order valence-electron chi connectivity index (χ4n) is 4.08. The summed E-state index contributed by atoms with van der Waals surface area (Å²) in [5, 5.41) is 3.73. The van der Waals surface area contributed by atoms with Crippen molar-refractivity contribution in [1.29, 1.82) is 0 Å². The fraction of sp³-hybridized carbons (Fsp3) is 1.00. The zero-order chi connectivity index (χ0) is 15.1. The van der Waals surface area contributed by atoms with Crippen LogP contribution in [0, 0.1) is 35.5 Å². The Bertz CT molecular complexity index is 244. The van der Waals surface area contributed by atoms with Crippen molar-refractivity contribution in [3.63, 3.8) is 0 Å². The molecular formula is C19H39N. The molecule has 120 valence electrons. The Kier molecular flexibility index (Phi) is 8.17. The standard InChI is InChI=1S/C19H39N/c1-7-8-16(6)19-11-17(15(4)5)9-10-18(19)13-20-12-14(2)3/h14-20H,7-13H2,1-6H3. The second kappa shape index (κ2) is 9.07. The molecule has 0 spiro atoms. The van der Waals surface area contributed by atoms with Crippen molar-refractivity contribution in [2.24, 2.45) is 35.5 Å². The first kappa shape index (κ1) is 18.0. The van der Waals surface area contributed by atoms with Crippen LogP contribution < -0.4 is 5.32 Å². The van der Waals surface area contributed by atoms with E-state index in [9.17, 15) is 0 Å². The lowest BCUT2D eigenvalue weighted by Gasteiger charge is -2.41. The molecular weight excluding hydrogens is 242 g/mol. The molecule has 0 aliphatic heterocycles. The van der Waals surface area contributed by atoms with E-state index in [-0.39, 0.29) is 0 Å². The van der Waals surface area contributed by atoms with Crippen LogP contribution in [0.1, 0.15) is 73.6 Å². The van der Waals surface area contributed by atoms with Crippen molar-refractivity contribution >= 4 is 0 Å². The van der Waals surface area contributed by atoms with Crippen molar-refractivity contribution < 1.29 is 0 Å². The third kappa shape index (κ3) is 5.76. The van der Waals surface area contributed by atoms with Crippen LogP contribution in [0.25, 0.3) is 0 Å². The highest BCUT2D eigenvalue weighted by molar-refractivity contribution is 4.85. The predicted molar refractivity (Wildman–Crippen MR) is 90.9 cm³/mol. The fourth-order valence-corrected chi connectivity index (χ4v) is 4.08. The van der Waals surface area contributed by atoms with E-state index in [1.165, 1.54) is 45.2 Å². The van der Waals surface area contributed by atoms with Gasteiger partial charge in [-0.1, -0.05) is 54.4 Å². The van der Waals surface area contributed by atoms with E-state index in [1.807, 2.05) is 0 Å². The van der Waals surface area contributed by atoms with Crippen LogP contribution in [0.4, 0.5) is 0 Å². The predicted octanol–water partition coefficient (Wildman–Crippen LogP) is 5.36. The zero-order valence-electron chi connectivity index (χ0n) is 14.9. The van der Waals surface area contributed by atoms with Crippen LogP contribution in [0.2, 0.25) is 0 Å². The molecule has 1 heteroatoms. The highest BCUT2D eigenvalue weighted by Gasteiger charge is 2.34. The molecule has 0 bridgehead atoms. The normalized spacial score (nSPS) is 29.1. The van der Waals surface area contributed by atoms with Gasteiger partial charge in [0, 0.05) is 0 Å². The molecule has 1 aliphatic rings. The minimum atomic E-state index is 0.772. The maximum Gasteiger partial charge on any atom is -0.00177 e. The Balaban J connectivity index is 2.56. The SMILES string of the molecule is CCCC(C)C1CC(C(C)C)CCC1CNCC(C)C. The number of nitrogens with one attached hydrogen (secondary N) is 1. The summed E-state index contributed by atoms with van der Waals surface area (Å²) < 4.78 is 0. The van der Waals surface area contributed by atoms with Crippen LogP contribution in [-0.2, 0) is 0 Å². The largest absolute Gasteiger partial charge is 0.316 e. The van der Waals surface area contributed by atoms with Gasteiger partial charge in [0.15, 0.2) is 0 Å². The first-order valence-electron chi connectivity index (χ1n) is 9.16. The van der Waals surface area contributed by atoms with Gasteiger partial charge in [-0.2, -0.15) is 0 Å². The lowest BCUT2D eigenvalue weighted by molar-refractivity contribution is 0.0990. The van der Waals surface area contributed by atoms with E-state index in [2.05, 4.69) is 46.9 Å². The maximum atomic E-state index is 3.73. The lowest BCUT2D eigenvalue weighted by atomic mass is 9.66. The van der Waals surface area contributed by atoms with E-state index in [4.69, 9.17) is 0 Å². The minimum absolute atomic E-state index is 0.772. The molecule has 0 aromatic carbocycles.